The number of carboxylic acid groups (broad SMARTS) is 1. The van der Waals surface area contributed by atoms with E-state index in [1.54, 1.807) is 4.90 Å². The monoisotopic (exact) mass is 493 g/mol. The fraction of sp³-hybridized carbons (Fsp3) is 0.478. The van der Waals surface area contributed by atoms with Crippen LogP contribution in [0.4, 0.5) is 23.8 Å². The number of halogens is 3. The molecule has 2 amide bonds. The lowest BCUT2D eigenvalue weighted by Gasteiger charge is -2.27. The molecule has 35 heavy (non-hydrogen) atoms. The van der Waals surface area contributed by atoms with Crippen molar-refractivity contribution in [2.45, 2.75) is 44.5 Å². The minimum atomic E-state index is -4.88. The lowest BCUT2D eigenvalue weighted by atomic mass is 10.0. The van der Waals surface area contributed by atoms with Gasteiger partial charge in [0, 0.05) is 44.1 Å². The van der Waals surface area contributed by atoms with Gasteiger partial charge >= 0.3 is 18.4 Å². The number of pyridine rings is 2. The van der Waals surface area contributed by atoms with E-state index in [0.29, 0.717) is 38.0 Å². The number of nitrogens with zero attached hydrogens (tertiary/aromatic N) is 4. The second-order valence-electron chi connectivity index (χ2n) is 8.50. The standard InChI is InChI=1S/C23H26F3N5O4/c24-23(25,26)35-19-8-6-16(14-28-19)18(13-20(32)33)31-12-11-30(22(31)34)10-2-4-17-7-5-15-3-1-9-27-21(15)29-17/h5-8,14,18H,1-4,9-13H2,(H,27,29)(H,32,33). The van der Waals surface area contributed by atoms with Crippen LogP contribution < -0.4 is 10.1 Å². The van der Waals surface area contributed by atoms with Crippen molar-refractivity contribution in [1.29, 1.82) is 0 Å². The quantitative estimate of drug-likeness (QED) is 0.549. The van der Waals surface area contributed by atoms with Crippen molar-refractivity contribution in [3.8, 4) is 5.88 Å². The molecule has 0 bridgehead atoms. The number of aromatic nitrogens is 2. The van der Waals surface area contributed by atoms with Crippen LogP contribution in [0.1, 0.15) is 42.1 Å². The second-order valence-corrected chi connectivity index (χ2v) is 8.50. The Hall–Kier alpha value is -3.57. The third-order valence-corrected chi connectivity index (χ3v) is 6.05. The van der Waals surface area contributed by atoms with E-state index in [9.17, 15) is 27.9 Å². The van der Waals surface area contributed by atoms with Crippen LogP contribution in [0.15, 0.2) is 30.5 Å². The number of amides is 2. The number of hydrogen-bond donors (Lipinski definition) is 2. The molecule has 2 N–H and O–H groups in total. The Balaban J connectivity index is 1.37. The predicted octanol–water partition coefficient (Wildman–Crippen LogP) is 3.62. The summed E-state index contributed by atoms with van der Waals surface area (Å²) in [7, 11) is 0. The van der Waals surface area contributed by atoms with Crippen LogP contribution in [0.2, 0.25) is 0 Å². The number of aliphatic carboxylic acids is 1. The molecule has 0 spiro atoms. The largest absolute Gasteiger partial charge is 0.574 e. The molecule has 2 aliphatic heterocycles. The lowest BCUT2D eigenvalue weighted by Crippen LogP contribution is -2.36. The fourth-order valence-corrected chi connectivity index (χ4v) is 4.40. The van der Waals surface area contributed by atoms with Gasteiger partial charge < -0.3 is 25.0 Å². The number of hydrogen-bond acceptors (Lipinski definition) is 6. The van der Waals surface area contributed by atoms with Gasteiger partial charge in [-0.05, 0) is 42.9 Å². The van der Waals surface area contributed by atoms with Crippen LogP contribution in [-0.2, 0) is 17.6 Å². The fourth-order valence-electron chi connectivity index (χ4n) is 4.40. The number of carbonyl (C=O) groups is 2. The van der Waals surface area contributed by atoms with Crippen molar-refractivity contribution >= 4 is 17.8 Å². The number of nitrogens with one attached hydrogen (secondary N) is 1. The Labute approximate surface area is 199 Å². The Morgan fingerprint density at radius 2 is 2.06 bits per heavy atom. The Bertz CT molecular complexity index is 1060. The van der Waals surface area contributed by atoms with Crippen molar-refractivity contribution in [3.05, 3.63) is 47.3 Å². The van der Waals surface area contributed by atoms with Gasteiger partial charge in [-0.25, -0.2) is 14.8 Å². The van der Waals surface area contributed by atoms with E-state index in [1.807, 2.05) is 6.07 Å². The highest BCUT2D eigenvalue weighted by Crippen LogP contribution is 2.30. The number of aryl methyl sites for hydroxylation is 2. The third-order valence-electron chi connectivity index (χ3n) is 6.05. The molecule has 4 heterocycles. The van der Waals surface area contributed by atoms with Crippen molar-refractivity contribution < 1.29 is 32.6 Å². The number of alkyl halides is 3. The molecule has 0 saturated carbocycles. The average molecular weight is 493 g/mol. The van der Waals surface area contributed by atoms with Crippen LogP contribution in [0.3, 0.4) is 0 Å². The van der Waals surface area contributed by atoms with Gasteiger partial charge in [0.2, 0.25) is 5.88 Å². The Morgan fingerprint density at radius 3 is 2.77 bits per heavy atom. The number of fused-ring (bicyclic) bond motifs is 1. The minimum absolute atomic E-state index is 0.304. The number of carboxylic acids is 1. The summed E-state index contributed by atoms with van der Waals surface area (Å²) in [6.45, 7) is 2.13. The van der Waals surface area contributed by atoms with Gasteiger partial charge in [0.05, 0.1) is 12.5 Å². The maximum absolute atomic E-state index is 13.0. The molecule has 2 aromatic heterocycles. The highest BCUT2D eigenvalue weighted by Gasteiger charge is 2.36. The highest BCUT2D eigenvalue weighted by molar-refractivity contribution is 5.78. The average Bonchev–Trinajstić information content (AvgIpc) is 3.17. The lowest BCUT2D eigenvalue weighted by molar-refractivity contribution is -0.276. The van der Waals surface area contributed by atoms with E-state index < -0.39 is 30.7 Å². The van der Waals surface area contributed by atoms with E-state index in [-0.39, 0.29) is 6.03 Å². The molecule has 0 aromatic carbocycles. The van der Waals surface area contributed by atoms with Crippen LogP contribution in [0.25, 0.3) is 0 Å². The second kappa shape index (κ2) is 10.4. The van der Waals surface area contributed by atoms with Gasteiger partial charge in [-0.15, -0.1) is 13.2 Å². The maximum atomic E-state index is 13.0. The topological polar surface area (TPSA) is 108 Å². The van der Waals surface area contributed by atoms with Gasteiger partial charge in [0.25, 0.3) is 0 Å². The molecule has 2 aromatic rings. The van der Waals surface area contributed by atoms with Gasteiger partial charge in [0.1, 0.15) is 5.82 Å². The van der Waals surface area contributed by atoms with Crippen LogP contribution in [-0.4, -0.2) is 69.4 Å². The number of rotatable bonds is 9. The summed E-state index contributed by atoms with van der Waals surface area (Å²) in [4.78, 5) is 35.9. The summed E-state index contributed by atoms with van der Waals surface area (Å²) in [5.41, 5.74) is 2.47. The summed E-state index contributed by atoms with van der Waals surface area (Å²) in [6, 6.07) is 5.23. The van der Waals surface area contributed by atoms with Gasteiger partial charge in [-0.3, -0.25) is 4.79 Å². The number of ether oxygens (including phenoxy) is 1. The van der Waals surface area contributed by atoms with Crippen molar-refractivity contribution in [3.63, 3.8) is 0 Å². The first-order chi connectivity index (χ1) is 16.7. The van der Waals surface area contributed by atoms with Gasteiger partial charge in [0.15, 0.2) is 0 Å². The highest BCUT2D eigenvalue weighted by atomic mass is 19.4. The van der Waals surface area contributed by atoms with Crippen molar-refractivity contribution in [1.82, 2.24) is 19.8 Å². The molecule has 1 fully saturated rings. The van der Waals surface area contributed by atoms with E-state index in [2.05, 4.69) is 26.1 Å². The molecule has 1 unspecified atom stereocenters. The maximum Gasteiger partial charge on any atom is 0.574 e. The SMILES string of the molecule is O=C(O)CC(c1ccc(OC(F)(F)F)nc1)N1CCN(CCCc2ccc3c(n2)NCCC3)C1=O. The van der Waals surface area contributed by atoms with E-state index in [0.717, 1.165) is 43.2 Å². The van der Waals surface area contributed by atoms with E-state index >= 15 is 0 Å². The van der Waals surface area contributed by atoms with Crippen molar-refractivity contribution in [2.75, 3.05) is 31.5 Å². The summed E-state index contributed by atoms with van der Waals surface area (Å²) in [6.07, 6.45) is -0.675. The van der Waals surface area contributed by atoms with Crippen LogP contribution in [0, 0.1) is 0 Å². The molecule has 0 radical (unpaired) electrons. The molecule has 1 atom stereocenters. The zero-order chi connectivity index (χ0) is 25.0. The zero-order valence-electron chi connectivity index (χ0n) is 18.9. The molecule has 4 rings (SSSR count). The third kappa shape index (κ3) is 6.31. The molecule has 0 aliphatic carbocycles. The molecule has 188 valence electrons. The van der Waals surface area contributed by atoms with Crippen LogP contribution >= 0.6 is 0 Å². The smallest absolute Gasteiger partial charge is 0.481 e. The predicted molar refractivity (Wildman–Crippen MR) is 119 cm³/mol. The molecular formula is C23H26F3N5O4. The Kier molecular flexibility index (Phi) is 7.27. The van der Waals surface area contributed by atoms with E-state index in [1.165, 1.54) is 16.5 Å². The summed E-state index contributed by atoms with van der Waals surface area (Å²) >= 11 is 0. The summed E-state index contributed by atoms with van der Waals surface area (Å²) in [5.74, 6) is -0.867. The van der Waals surface area contributed by atoms with Crippen molar-refractivity contribution in [2.24, 2.45) is 0 Å². The summed E-state index contributed by atoms with van der Waals surface area (Å²) < 4.78 is 40.9. The molecule has 12 heteroatoms. The molecular weight excluding hydrogens is 467 g/mol. The number of urea groups is 1. The minimum Gasteiger partial charge on any atom is -0.481 e. The Morgan fingerprint density at radius 1 is 1.23 bits per heavy atom. The number of carbonyl (C=O) groups excluding carboxylic acids is 1. The molecule has 9 nitrogen and oxygen atoms in total. The first-order valence-corrected chi connectivity index (χ1v) is 11.4. The van der Waals surface area contributed by atoms with E-state index in [4.69, 9.17) is 0 Å². The summed E-state index contributed by atoms with van der Waals surface area (Å²) in [5, 5.41) is 12.7. The first-order valence-electron chi connectivity index (χ1n) is 11.4. The normalized spacial score (nSPS) is 16.6. The van der Waals surface area contributed by atoms with Gasteiger partial charge in [-0.1, -0.05) is 12.1 Å². The first kappa shape index (κ1) is 24.6. The van der Waals surface area contributed by atoms with Crippen LogP contribution in [0.5, 0.6) is 5.88 Å². The number of anilines is 1. The zero-order valence-corrected chi connectivity index (χ0v) is 18.9. The molecule has 2 aliphatic rings. The molecule has 1 saturated heterocycles. The van der Waals surface area contributed by atoms with Gasteiger partial charge in [-0.2, -0.15) is 0 Å².